The number of carbonyl (C=O) groups is 1. The monoisotopic (exact) mass is 377 g/mol. The van der Waals surface area contributed by atoms with Crippen LogP contribution in [-0.2, 0) is 0 Å². The third-order valence-electron chi connectivity index (χ3n) is 7.04. The van der Waals surface area contributed by atoms with E-state index in [2.05, 4.69) is 16.8 Å². The van der Waals surface area contributed by atoms with Crippen LogP contribution in [0.3, 0.4) is 0 Å². The van der Waals surface area contributed by atoms with Gasteiger partial charge in [0.1, 0.15) is 0 Å². The highest BCUT2D eigenvalue weighted by Gasteiger charge is 2.47. The van der Waals surface area contributed by atoms with Crippen molar-refractivity contribution in [3.8, 4) is 0 Å². The lowest BCUT2D eigenvalue weighted by atomic mass is 9.69. The van der Waals surface area contributed by atoms with Gasteiger partial charge >= 0.3 is 0 Å². The third kappa shape index (κ3) is 3.33. The Morgan fingerprint density at radius 1 is 1.27 bits per heavy atom. The van der Waals surface area contributed by atoms with E-state index in [0.29, 0.717) is 18.7 Å². The maximum Gasteiger partial charge on any atom is 0.263 e. The normalized spacial score (nSPS) is 31.8. The highest BCUT2D eigenvalue weighted by atomic mass is 32.1. The molecule has 3 fully saturated rings. The number of likely N-dealkylation sites (tertiary alicyclic amines) is 3. The molecule has 3 saturated heterocycles. The Labute approximate surface area is 160 Å². The van der Waals surface area contributed by atoms with Crippen molar-refractivity contribution >= 4 is 17.2 Å². The molecule has 4 heterocycles. The molecule has 3 aliphatic rings. The van der Waals surface area contributed by atoms with Crippen LogP contribution < -0.4 is 0 Å². The summed E-state index contributed by atoms with van der Waals surface area (Å²) in [6, 6.07) is 4.93. The summed E-state index contributed by atoms with van der Waals surface area (Å²) in [6.07, 6.45) is 5.61. The van der Waals surface area contributed by atoms with Crippen molar-refractivity contribution in [2.45, 2.75) is 44.2 Å². The summed E-state index contributed by atoms with van der Waals surface area (Å²) in [6.45, 7) is 5.36. The number of fused-ring (bicyclic) bond motifs is 1. The number of hydrogen-bond acceptors (Lipinski definition) is 5. The van der Waals surface area contributed by atoms with E-state index in [1.807, 2.05) is 22.4 Å². The fraction of sp³-hybridized carbons (Fsp3) is 0.750. The molecule has 0 aliphatic carbocycles. The van der Waals surface area contributed by atoms with Gasteiger partial charge in [-0.25, -0.2) is 0 Å². The van der Waals surface area contributed by atoms with Gasteiger partial charge in [-0.1, -0.05) is 6.07 Å². The van der Waals surface area contributed by atoms with Crippen LogP contribution >= 0.6 is 11.3 Å². The second-order valence-corrected chi connectivity index (χ2v) is 9.31. The first kappa shape index (κ1) is 18.4. The molecule has 3 aliphatic heterocycles. The number of thiophene rings is 1. The van der Waals surface area contributed by atoms with Gasteiger partial charge in [0.15, 0.2) is 0 Å². The van der Waals surface area contributed by atoms with E-state index >= 15 is 0 Å². The number of aliphatic hydroxyl groups is 1. The predicted molar refractivity (Wildman–Crippen MR) is 105 cm³/mol. The minimum Gasteiger partial charge on any atom is -0.396 e. The van der Waals surface area contributed by atoms with Crippen molar-refractivity contribution in [2.75, 3.05) is 46.4 Å². The number of piperidine rings is 3. The summed E-state index contributed by atoms with van der Waals surface area (Å²) in [5.41, 5.74) is 0.110. The average Bonchev–Trinajstić information content (AvgIpc) is 3.22. The number of nitrogens with zero attached hydrogens (tertiary/aromatic N) is 3. The van der Waals surface area contributed by atoms with Crippen molar-refractivity contribution in [1.29, 1.82) is 0 Å². The number of amides is 1. The SMILES string of the molecule is CN1CCC[C@]2(CO)CCN(C3CCN(C(=O)c4cccs4)CC3)C[C@@H]12. The molecule has 1 aromatic heterocycles. The highest BCUT2D eigenvalue weighted by Crippen LogP contribution is 2.42. The molecule has 0 saturated carbocycles. The molecule has 0 radical (unpaired) electrons. The summed E-state index contributed by atoms with van der Waals surface area (Å²) in [5, 5.41) is 12.1. The van der Waals surface area contributed by atoms with Gasteiger partial charge in [0, 0.05) is 37.1 Å². The molecule has 0 bridgehead atoms. The summed E-state index contributed by atoms with van der Waals surface area (Å²) < 4.78 is 0. The van der Waals surface area contributed by atoms with Crippen LogP contribution in [0, 0.1) is 5.41 Å². The van der Waals surface area contributed by atoms with E-state index in [-0.39, 0.29) is 11.3 Å². The fourth-order valence-electron chi connectivity index (χ4n) is 5.36. The number of aliphatic hydroxyl groups excluding tert-OH is 1. The Balaban J connectivity index is 1.36. The minimum absolute atomic E-state index is 0.110. The largest absolute Gasteiger partial charge is 0.396 e. The fourth-order valence-corrected chi connectivity index (χ4v) is 6.05. The Morgan fingerprint density at radius 2 is 2.08 bits per heavy atom. The van der Waals surface area contributed by atoms with E-state index in [1.165, 1.54) is 24.2 Å². The van der Waals surface area contributed by atoms with Crippen molar-refractivity contribution in [1.82, 2.24) is 14.7 Å². The lowest BCUT2D eigenvalue weighted by molar-refractivity contribution is -0.0795. The predicted octanol–water partition coefficient (Wildman–Crippen LogP) is 2.13. The molecule has 0 unspecified atom stereocenters. The molecular weight excluding hydrogens is 346 g/mol. The smallest absolute Gasteiger partial charge is 0.263 e. The first-order valence-corrected chi connectivity index (χ1v) is 10.9. The van der Waals surface area contributed by atoms with Crippen LogP contribution in [0.2, 0.25) is 0 Å². The molecule has 5 nitrogen and oxygen atoms in total. The molecule has 1 amide bonds. The highest BCUT2D eigenvalue weighted by molar-refractivity contribution is 7.12. The average molecular weight is 378 g/mol. The van der Waals surface area contributed by atoms with Crippen LogP contribution in [0.4, 0.5) is 0 Å². The molecule has 26 heavy (non-hydrogen) atoms. The van der Waals surface area contributed by atoms with Gasteiger partial charge in [-0.15, -0.1) is 11.3 Å². The van der Waals surface area contributed by atoms with Gasteiger partial charge in [-0.3, -0.25) is 9.69 Å². The van der Waals surface area contributed by atoms with Gasteiger partial charge < -0.3 is 14.9 Å². The van der Waals surface area contributed by atoms with Gasteiger partial charge in [-0.05, 0) is 63.7 Å². The molecular formula is C20H31N3O2S. The van der Waals surface area contributed by atoms with Gasteiger partial charge in [0.05, 0.1) is 11.5 Å². The standard InChI is InChI=1S/C20H31N3O2S/c1-21-9-3-7-20(15-24)8-12-23(14-18(20)21)16-5-10-22(11-6-16)19(25)17-4-2-13-26-17/h2,4,13,16,18,24H,3,5-12,14-15H2,1H3/t18-,20-/m1/s1. The lowest BCUT2D eigenvalue weighted by Gasteiger charge is -2.55. The van der Waals surface area contributed by atoms with Crippen molar-refractivity contribution < 1.29 is 9.90 Å². The topological polar surface area (TPSA) is 47.0 Å². The van der Waals surface area contributed by atoms with Crippen LogP contribution in [0.5, 0.6) is 0 Å². The maximum absolute atomic E-state index is 12.5. The first-order valence-electron chi connectivity index (χ1n) is 10.0. The summed E-state index contributed by atoms with van der Waals surface area (Å²) in [4.78, 5) is 20.5. The number of hydrogen-bond donors (Lipinski definition) is 1. The Kier molecular flexibility index (Phi) is 5.37. The molecule has 2 atom stereocenters. The first-order chi connectivity index (χ1) is 12.6. The van der Waals surface area contributed by atoms with Crippen LogP contribution in [0.1, 0.15) is 41.8 Å². The molecule has 1 aromatic rings. The summed E-state index contributed by atoms with van der Waals surface area (Å²) in [7, 11) is 2.22. The molecule has 1 N–H and O–H groups in total. The third-order valence-corrected chi connectivity index (χ3v) is 7.90. The second kappa shape index (κ2) is 7.58. The molecule has 0 aromatic carbocycles. The van der Waals surface area contributed by atoms with Crippen LogP contribution in [0.25, 0.3) is 0 Å². The zero-order valence-electron chi connectivity index (χ0n) is 15.8. The van der Waals surface area contributed by atoms with Gasteiger partial charge in [0.25, 0.3) is 5.91 Å². The molecule has 4 rings (SSSR count). The number of rotatable bonds is 3. The lowest BCUT2D eigenvalue weighted by Crippen LogP contribution is -2.63. The second-order valence-electron chi connectivity index (χ2n) is 8.37. The Morgan fingerprint density at radius 3 is 2.77 bits per heavy atom. The molecule has 6 heteroatoms. The summed E-state index contributed by atoms with van der Waals surface area (Å²) in [5.74, 6) is 0.198. The van der Waals surface area contributed by atoms with Crippen LogP contribution in [-0.4, -0.2) is 84.2 Å². The zero-order valence-corrected chi connectivity index (χ0v) is 16.6. The van der Waals surface area contributed by atoms with Gasteiger partial charge in [-0.2, -0.15) is 0 Å². The minimum atomic E-state index is 0.110. The van der Waals surface area contributed by atoms with Gasteiger partial charge in [0.2, 0.25) is 0 Å². The molecule has 0 spiro atoms. The Hall–Kier alpha value is -0.950. The zero-order chi connectivity index (χ0) is 18.1. The number of likely N-dealkylation sites (N-methyl/N-ethyl adjacent to an activating group) is 1. The van der Waals surface area contributed by atoms with E-state index < -0.39 is 0 Å². The maximum atomic E-state index is 12.5. The number of carbonyl (C=O) groups excluding carboxylic acids is 1. The van der Waals surface area contributed by atoms with E-state index in [9.17, 15) is 9.90 Å². The Bertz CT molecular complexity index is 615. The van der Waals surface area contributed by atoms with Crippen LogP contribution in [0.15, 0.2) is 17.5 Å². The molecule has 144 valence electrons. The van der Waals surface area contributed by atoms with Crippen molar-refractivity contribution in [2.24, 2.45) is 5.41 Å². The van der Waals surface area contributed by atoms with E-state index in [0.717, 1.165) is 56.9 Å². The van der Waals surface area contributed by atoms with Crippen molar-refractivity contribution in [3.63, 3.8) is 0 Å². The van der Waals surface area contributed by atoms with E-state index in [1.54, 1.807) is 0 Å². The quantitative estimate of drug-likeness (QED) is 0.877. The van der Waals surface area contributed by atoms with E-state index in [4.69, 9.17) is 0 Å². The van der Waals surface area contributed by atoms with Crippen molar-refractivity contribution in [3.05, 3.63) is 22.4 Å². The summed E-state index contributed by atoms with van der Waals surface area (Å²) >= 11 is 1.54.